The number of nitrogens with zero attached hydrogens (tertiary/aromatic N) is 1. The van der Waals surface area contributed by atoms with Crippen LogP contribution < -0.4 is 15.4 Å². The quantitative estimate of drug-likeness (QED) is 0.501. The standard InChI is InChI=1S/C22H35N3O5S/c1-25(15-8-16-30-19-11-6-12-20(17-19)31(2,28)29)21(26)13-7-14-23-22(27)24-18-9-4-3-5-10-18/h6,11-12,17-18H,3-5,7-10,13-16H2,1-2H3,(H2,23,24,27). The summed E-state index contributed by atoms with van der Waals surface area (Å²) in [5.41, 5.74) is 0. The summed E-state index contributed by atoms with van der Waals surface area (Å²) in [6.45, 7) is 1.39. The van der Waals surface area contributed by atoms with Crippen molar-refractivity contribution in [1.82, 2.24) is 15.5 Å². The highest BCUT2D eigenvalue weighted by atomic mass is 32.2. The van der Waals surface area contributed by atoms with E-state index < -0.39 is 9.84 Å². The first-order valence-electron chi connectivity index (χ1n) is 11.0. The molecule has 2 N–H and O–H groups in total. The van der Waals surface area contributed by atoms with Crippen molar-refractivity contribution in [1.29, 1.82) is 0 Å². The van der Waals surface area contributed by atoms with Gasteiger partial charge in [0.1, 0.15) is 5.75 Å². The second-order valence-corrected chi connectivity index (χ2v) is 10.1. The fourth-order valence-electron chi connectivity index (χ4n) is 3.53. The molecule has 31 heavy (non-hydrogen) atoms. The highest BCUT2D eigenvalue weighted by molar-refractivity contribution is 7.90. The van der Waals surface area contributed by atoms with Crippen LogP contribution in [0.25, 0.3) is 0 Å². The molecule has 1 aromatic rings. The van der Waals surface area contributed by atoms with Crippen LogP contribution in [0.3, 0.4) is 0 Å². The van der Waals surface area contributed by atoms with Crippen molar-refractivity contribution in [3.05, 3.63) is 24.3 Å². The predicted octanol–water partition coefficient (Wildman–Crippen LogP) is 2.73. The van der Waals surface area contributed by atoms with E-state index in [-0.39, 0.29) is 22.9 Å². The van der Waals surface area contributed by atoms with Gasteiger partial charge in [0.15, 0.2) is 9.84 Å². The molecule has 1 aliphatic carbocycles. The molecule has 2 rings (SSSR count). The maximum atomic E-state index is 12.2. The van der Waals surface area contributed by atoms with Gasteiger partial charge in [0.05, 0.1) is 11.5 Å². The average Bonchev–Trinajstić information content (AvgIpc) is 2.74. The molecule has 3 amide bonds. The van der Waals surface area contributed by atoms with Gasteiger partial charge in [-0.2, -0.15) is 0 Å². The van der Waals surface area contributed by atoms with Crippen LogP contribution in [0.5, 0.6) is 5.75 Å². The molecular weight excluding hydrogens is 418 g/mol. The highest BCUT2D eigenvalue weighted by Gasteiger charge is 2.15. The van der Waals surface area contributed by atoms with Crippen LogP contribution in [0, 0.1) is 0 Å². The van der Waals surface area contributed by atoms with Crippen LogP contribution in [0.1, 0.15) is 51.4 Å². The maximum absolute atomic E-state index is 12.2. The number of sulfone groups is 1. The van der Waals surface area contributed by atoms with Crippen molar-refractivity contribution in [3.63, 3.8) is 0 Å². The third kappa shape index (κ3) is 9.59. The van der Waals surface area contributed by atoms with Crippen LogP contribution >= 0.6 is 0 Å². The molecule has 0 aliphatic heterocycles. The van der Waals surface area contributed by atoms with Crippen LogP contribution in [0.15, 0.2) is 29.2 Å². The number of hydrogen-bond donors (Lipinski definition) is 2. The summed E-state index contributed by atoms with van der Waals surface area (Å²) in [7, 11) is -1.52. The van der Waals surface area contributed by atoms with Gasteiger partial charge in [-0.1, -0.05) is 25.3 Å². The fraction of sp³-hybridized carbons (Fsp3) is 0.636. The van der Waals surface area contributed by atoms with E-state index in [9.17, 15) is 18.0 Å². The Hall–Kier alpha value is -2.29. The van der Waals surface area contributed by atoms with Gasteiger partial charge in [-0.05, 0) is 43.9 Å². The molecule has 174 valence electrons. The van der Waals surface area contributed by atoms with Crippen LogP contribution in [-0.4, -0.2) is 64.3 Å². The first-order valence-corrected chi connectivity index (χ1v) is 12.9. The van der Waals surface area contributed by atoms with Crippen LogP contribution in [0.4, 0.5) is 4.79 Å². The lowest BCUT2D eigenvalue weighted by molar-refractivity contribution is -0.130. The molecule has 0 spiro atoms. The summed E-state index contributed by atoms with van der Waals surface area (Å²) in [6.07, 6.45) is 8.44. The first-order chi connectivity index (χ1) is 14.8. The third-order valence-corrected chi connectivity index (χ3v) is 6.47. The molecule has 0 radical (unpaired) electrons. The SMILES string of the molecule is CN(CCCOc1cccc(S(C)(=O)=O)c1)C(=O)CCCNC(=O)NC1CCCCC1. The Morgan fingerprint density at radius 2 is 1.90 bits per heavy atom. The molecule has 1 saturated carbocycles. The Morgan fingerprint density at radius 3 is 2.61 bits per heavy atom. The first kappa shape index (κ1) is 25.0. The molecule has 9 heteroatoms. The van der Waals surface area contributed by atoms with Crippen molar-refractivity contribution in [2.45, 2.75) is 62.3 Å². The van der Waals surface area contributed by atoms with Gasteiger partial charge >= 0.3 is 6.03 Å². The zero-order chi connectivity index (χ0) is 22.7. The normalized spacial score (nSPS) is 14.6. The molecule has 1 aliphatic rings. The Labute approximate surface area is 185 Å². The summed E-state index contributed by atoms with van der Waals surface area (Å²) in [6, 6.07) is 6.51. The topological polar surface area (TPSA) is 105 Å². The molecule has 0 aromatic heterocycles. The van der Waals surface area contributed by atoms with Crippen molar-refractivity contribution in [2.24, 2.45) is 0 Å². The fourth-order valence-corrected chi connectivity index (χ4v) is 4.18. The summed E-state index contributed by atoms with van der Waals surface area (Å²) in [5, 5.41) is 5.82. The molecular formula is C22H35N3O5S. The molecule has 0 unspecified atom stereocenters. The molecule has 0 bridgehead atoms. The summed E-state index contributed by atoms with van der Waals surface area (Å²) in [4.78, 5) is 26.0. The molecule has 1 aromatic carbocycles. The lowest BCUT2D eigenvalue weighted by Gasteiger charge is -2.23. The van der Waals surface area contributed by atoms with Crippen LogP contribution in [0.2, 0.25) is 0 Å². The molecule has 0 saturated heterocycles. The van der Waals surface area contributed by atoms with E-state index in [1.807, 2.05) is 0 Å². The Bertz CT molecular complexity index is 822. The Kier molecular flexibility index (Phi) is 10.1. The van der Waals surface area contributed by atoms with Crippen LogP contribution in [-0.2, 0) is 14.6 Å². The monoisotopic (exact) mass is 453 g/mol. The second-order valence-electron chi connectivity index (χ2n) is 8.10. The molecule has 0 heterocycles. The van der Waals surface area contributed by atoms with Gasteiger partial charge in [-0.15, -0.1) is 0 Å². The van der Waals surface area contributed by atoms with Gasteiger partial charge in [-0.3, -0.25) is 4.79 Å². The van der Waals surface area contributed by atoms with E-state index in [1.165, 1.54) is 31.4 Å². The van der Waals surface area contributed by atoms with E-state index in [1.54, 1.807) is 24.1 Å². The minimum atomic E-state index is -3.27. The van der Waals surface area contributed by atoms with E-state index in [2.05, 4.69) is 10.6 Å². The predicted molar refractivity (Wildman–Crippen MR) is 120 cm³/mol. The maximum Gasteiger partial charge on any atom is 0.315 e. The highest BCUT2D eigenvalue weighted by Crippen LogP contribution is 2.18. The lowest BCUT2D eigenvalue weighted by atomic mass is 9.96. The average molecular weight is 454 g/mol. The van der Waals surface area contributed by atoms with E-state index >= 15 is 0 Å². The van der Waals surface area contributed by atoms with Crippen molar-refractivity contribution < 1.29 is 22.7 Å². The van der Waals surface area contributed by atoms with Crippen molar-refractivity contribution in [2.75, 3.05) is 33.0 Å². The number of benzene rings is 1. The zero-order valence-corrected chi connectivity index (χ0v) is 19.4. The second kappa shape index (κ2) is 12.5. The summed E-state index contributed by atoms with van der Waals surface area (Å²) >= 11 is 0. The smallest absolute Gasteiger partial charge is 0.315 e. The minimum absolute atomic E-state index is 0.0218. The number of carbonyl (C=O) groups is 2. The van der Waals surface area contributed by atoms with Gasteiger partial charge in [0, 0.05) is 38.9 Å². The lowest BCUT2D eigenvalue weighted by Crippen LogP contribution is -2.43. The Balaban J connectivity index is 1.56. The number of nitrogens with one attached hydrogen (secondary N) is 2. The number of rotatable bonds is 11. The number of ether oxygens (including phenoxy) is 1. The van der Waals surface area contributed by atoms with Crippen molar-refractivity contribution >= 4 is 21.8 Å². The number of urea groups is 1. The molecule has 0 atom stereocenters. The molecule has 1 fully saturated rings. The largest absolute Gasteiger partial charge is 0.493 e. The van der Waals surface area contributed by atoms with Gasteiger partial charge in [-0.25, -0.2) is 13.2 Å². The number of hydrogen-bond acceptors (Lipinski definition) is 5. The number of amides is 3. The van der Waals surface area contributed by atoms with Gasteiger partial charge < -0.3 is 20.3 Å². The van der Waals surface area contributed by atoms with E-state index in [0.29, 0.717) is 44.7 Å². The van der Waals surface area contributed by atoms with Gasteiger partial charge in [0.25, 0.3) is 0 Å². The summed E-state index contributed by atoms with van der Waals surface area (Å²) in [5.74, 6) is 0.517. The van der Waals surface area contributed by atoms with Crippen molar-refractivity contribution in [3.8, 4) is 5.75 Å². The summed E-state index contributed by atoms with van der Waals surface area (Å²) < 4.78 is 28.8. The minimum Gasteiger partial charge on any atom is -0.493 e. The van der Waals surface area contributed by atoms with E-state index in [0.717, 1.165) is 19.1 Å². The molecule has 8 nitrogen and oxygen atoms in total. The Morgan fingerprint density at radius 1 is 1.16 bits per heavy atom. The number of carbonyl (C=O) groups excluding carboxylic acids is 2. The van der Waals surface area contributed by atoms with E-state index in [4.69, 9.17) is 4.74 Å². The zero-order valence-electron chi connectivity index (χ0n) is 18.6. The third-order valence-electron chi connectivity index (χ3n) is 5.36. The van der Waals surface area contributed by atoms with Gasteiger partial charge in [0.2, 0.25) is 5.91 Å².